The number of nitrogens with zero attached hydrogens (tertiary/aromatic N) is 2. The van der Waals surface area contributed by atoms with Crippen LogP contribution < -0.4 is 0 Å². The number of benzene rings is 9. The molecular formula is C52H34N2. The van der Waals surface area contributed by atoms with Crippen molar-refractivity contribution in [2.24, 2.45) is 0 Å². The van der Waals surface area contributed by atoms with Crippen LogP contribution in [-0.4, -0.2) is 9.13 Å². The number of fused-ring (bicyclic) bond motifs is 7. The minimum Gasteiger partial charge on any atom is -0.309 e. The summed E-state index contributed by atoms with van der Waals surface area (Å²) in [5, 5.41) is 7.48. The molecule has 0 spiro atoms. The minimum atomic E-state index is 1.17. The predicted molar refractivity (Wildman–Crippen MR) is 229 cm³/mol. The molecule has 2 heteroatoms. The molecule has 0 aliphatic rings. The third-order valence-corrected chi connectivity index (χ3v) is 11.1. The maximum Gasteiger partial charge on any atom is 0.0618 e. The van der Waals surface area contributed by atoms with Gasteiger partial charge in [0.15, 0.2) is 0 Å². The Morgan fingerprint density at radius 2 is 0.741 bits per heavy atom. The summed E-state index contributed by atoms with van der Waals surface area (Å²) < 4.78 is 4.89. The molecule has 2 nitrogen and oxygen atoms in total. The molecule has 0 unspecified atom stereocenters. The van der Waals surface area contributed by atoms with Crippen molar-refractivity contribution in [2.45, 2.75) is 0 Å². The van der Waals surface area contributed by atoms with Crippen molar-refractivity contribution < 1.29 is 0 Å². The first kappa shape index (κ1) is 30.5. The van der Waals surface area contributed by atoms with Crippen molar-refractivity contribution in [1.82, 2.24) is 9.13 Å². The normalized spacial score (nSPS) is 11.7. The largest absolute Gasteiger partial charge is 0.309 e. The van der Waals surface area contributed by atoms with Gasteiger partial charge in [0.25, 0.3) is 0 Å². The molecule has 0 amide bonds. The van der Waals surface area contributed by atoms with Gasteiger partial charge in [0.1, 0.15) is 0 Å². The van der Waals surface area contributed by atoms with Gasteiger partial charge in [-0.15, -0.1) is 0 Å². The quantitative estimate of drug-likeness (QED) is 0.171. The standard InChI is InChI=1S/C52H34N2/c1-3-15-36(16-4-1)42-22-13-23-43(37-17-5-2-6-18-37)52(42)54-49-25-12-10-21-45(49)47-34-40(28-31-51(47)54)39-27-30-50-46(33-39)44-20-9-11-24-48(44)53(50)41-29-26-35-14-7-8-19-38(35)32-41/h1-34H. The lowest BCUT2D eigenvalue weighted by Crippen LogP contribution is -2.00. The van der Waals surface area contributed by atoms with E-state index in [1.165, 1.54) is 99.1 Å². The van der Waals surface area contributed by atoms with E-state index in [0.29, 0.717) is 0 Å². The number of para-hydroxylation sites is 3. The van der Waals surface area contributed by atoms with Gasteiger partial charge < -0.3 is 9.13 Å². The molecule has 0 radical (unpaired) electrons. The molecule has 0 N–H and O–H groups in total. The lowest BCUT2D eigenvalue weighted by Gasteiger charge is -2.19. The zero-order chi connectivity index (χ0) is 35.6. The number of hydrogen-bond acceptors (Lipinski definition) is 0. The molecule has 0 fully saturated rings. The second-order valence-electron chi connectivity index (χ2n) is 14.1. The maximum atomic E-state index is 2.49. The molecule has 11 aromatic rings. The van der Waals surface area contributed by atoms with Crippen LogP contribution in [0.15, 0.2) is 206 Å². The van der Waals surface area contributed by atoms with Crippen molar-refractivity contribution in [3.05, 3.63) is 206 Å². The Morgan fingerprint density at radius 1 is 0.259 bits per heavy atom. The highest BCUT2D eigenvalue weighted by Crippen LogP contribution is 2.43. The van der Waals surface area contributed by atoms with Gasteiger partial charge in [-0.1, -0.05) is 158 Å². The Balaban J connectivity index is 1.13. The minimum absolute atomic E-state index is 1.17. The molecule has 0 aliphatic carbocycles. The zero-order valence-electron chi connectivity index (χ0n) is 29.5. The number of rotatable bonds is 5. The first-order valence-electron chi connectivity index (χ1n) is 18.6. The fourth-order valence-corrected chi connectivity index (χ4v) is 8.63. The summed E-state index contributed by atoms with van der Waals surface area (Å²) in [5.74, 6) is 0. The van der Waals surface area contributed by atoms with Crippen molar-refractivity contribution in [3.8, 4) is 44.8 Å². The average Bonchev–Trinajstić information content (AvgIpc) is 3.76. The highest BCUT2D eigenvalue weighted by Gasteiger charge is 2.20. The fraction of sp³-hybridized carbons (Fsp3) is 0. The Hall–Kier alpha value is -7.16. The van der Waals surface area contributed by atoms with Crippen molar-refractivity contribution in [3.63, 3.8) is 0 Å². The molecule has 0 saturated carbocycles. The zero-order valence-corrected chi connectivity index (χ0v) is 29.5. The van der Waals surface area contributed by atoms with E-state index >= 15 is 0 Å². The first-order valence-corrected chi connectivity index (χ1v) is 18.6. The molecule has 0 bridgehead atoms. The van der Waals surface area contributed by atoms with Gasteiger partial charge in [0.05, 0.1) is 27.8 Å². The third-order valence-electron chi connectivity index (χ3n) is 11.1. The monoisotopic (exact) mass is 686 g/mol. The molecule has 11 rings (SSSR count). The number of hydrogen-bond donors (Lipinski definition) is 0. The summed E-state index contributed by atoms with van der Waals surface area (Å²) >= 11 is 0. The maximum absolute atomic E-state index is 2.49. The van der Waals surface area contributed by atoms with E-state index in [1.54, 1.807) is 0 Å². The van der Waals surface area contributed by atoms with E-state index in [9.17, 15) is 0 Å². The summed E-state index contributed by atoms with van der Waals surface area (Å²) in [4.78, 5) is 0. The van der Waals surface area contributed by atoms with Crippen LogP contribution in [0.3, 0.4) is 0 Å². The van der Waals surface area contributed by atoms with Crippen LogP contribution >= 0.6 is 0 Å². The second-order valence-corrected chi connectivity index (χ2v) is 14.1. The average molecular weight is 687 g/mol. The fourth-order valence-electron chi connectivity index (χ4n) is 8.63. The van der Waals surface area contributed by atoms with Crippen LogP contribution in [0.4, 0.5) is 0 Å². The van der Waals surface area contributed by atoms with E-state index in [0.717, 1.165) is 0 Å². The predicted octanol–water partition coefficient (Wildman–Crippen LogP) is 14.0. The third kappa shape index (κ3) is 4.74. The van der Waals surface area contributed by atoms with Gasteiger partial charge in [-0.2, -0.15) is 0 Å². The van der Waals surface area contributed by atoms with Gasteiger partial charge in [0.2, 0.25) is 0 Å². The van der Waals surface area contributed by atoms with Crippen LogP contribution in [0.2, 0.25) is 0 Å². The van der Waals surface area contributed by atoms with Crippen LogP contribution in [0, 0.1) is 0 Å². The molecule has 2 heterocycles. The van der Waals surface area contributed by atoms with Crippen molar-refractivity contribution >= 4 is 54.4 Å². The van der Waals surface area contributed by atoms with Crippen molar-refractivity contribution in [1.29, 1.82) is 0 Å². The highest BCUT2D eigenvalue weighted by molar-refractivity contribution is 6.13. The van der Waals surface area contributed by atoms with E-state index in [4.69, 9.17) is 0 Å². The van der Waals surface area contributed by atoms with E-state index in [1.807, 2.05) is 0 Å². The van der Waals surface area contributed by atoms with Gasteiger partial charge >= 0.3 is 0 Å². The molecule has 2 aromatic heterocycles. The molecule has 252 valence electrons. The molecular weight excluding hydrogens is 653 g/mol. The van der Waals surface area contributed by atoms with Crippen LogP contribution in [0.1, 0.15) is 0 Å². The smallest absolute Gasteiger partial charge is 0.0618 e. The lowest BCUT2D eigenvalue weighted by molar-refractivity contribution is 1.18. The van der Waals surface area contributed by atoms with Crippen molar-refractivity contribution in [2.75, 3.05) is 0 Å². The van der Waals surface area contributed by atoms with E-state index in [-0.39, 0.29) is 0 Å². The van der Waals surface area contributed by atoms with Crippen LogP contribution in [0.25, 0.3) is 99.1 Å². The summed E-state index contributed by atoms with van der Waals surface area (Å²) in [5.41, 5.74) is 14.4. The topological polar surface area (TPSA) is 9.86 Å². The van der Waals surface area contributed by atoms with Gasteiger partial charge in [-0.05, 0) is 81.6 Å². The summed E-state index contributed by atoms with van der Waals surface area (Å²) in [6.45, 7) is 0. The molecule has 0 aliphatic heterocycles. The second kappa shape index (κ2) is 12.2. The Morgan fingerprint density at radius 3 is 1.35 bits per heavy atom. The van der Waals surface area contributed by atoms with Gasteiger partial charge in [-0.3, -0.25) is 0 Å². The SMILES string of the molecule is c1ccc(-c2cccc(-c3ccccc3)c2-n2c3ccccc3c3cc(-c4ccc5c(c4)c4ccccc4n5-c4ccc5ccccc5c4)ccc32)cc1. The van der Waals surface area contributed by atoms with Crippen LogP contribution in [-0.2, 0) is 0 Å². The Labute approximate surface area is 313 Å². The van der Waals surface area contributed by atoms with Crippen LogP contribution in [0.5, 0.6) is 0 Å². The summed E-state index contributed by atoms with van der Waals surface area (Å²) in [6.07, 6.45) is 0. The number of aromatic nitrogens is 2. The first-order chi connectivity index (χ1) is 26.8. The van der Waals surface area contributed by atoms with Gasteiger partial charge in [0, 0.05) is 38.4 Å². The molecule has 0 saturated heterocycles. The molecule has 9 aromatic carbocycles. The highest BCUT2D eigenvalue weighted by atomic mass is 15.0. The van der Waals surface area contributed by atoms with Gasteiger partial charge in [-0.25, -0.2) is 0 Å². The van der Waals surface area contributed by atoms with E-state index < -0.39 is 0 Å². The Kier molecular flexibility index (Phi) is 6.90. The summed E-state index contributed by atoms with van der Waals surface area (Å²) in [6, 6.07) is 75.2. The Bertz CT molecular complexity index is 3140. The lowest BCUT2D eigenvalue weighted by atomic mass is 9.95. The summed E-state index contributed by atoms with van der Waals surface area (Å²) in [7, 11) is 0. The van der Waals surface area contributed by atoms with E-state index in [2.05, 4.69) is 215 Å². The molecule has 54 heavy (non-hydrogen) atoms. The molecule has 0 atom stereocenters.